The van der Waals surface area contributed by atoms with Crippen LogP contribution in [0.5, 0.6) is 0 Å². The Kier molecular flexibility index (Phi) is 6.13. The first-order chi connectivity index (χ1) is 10.1. The van der Waals surface area contributed by atoms with E-state index in [1.807, 2.05) is 13.0 Å². The standard InChI is InChI=1S/C14H15Br3N4/c1-3-5-10-11(17)13(18-4-2)21-14(20-10)12-9(16)6-8(15)7-19-12/h6-7H,3-5H2,1-2H3,(H,18,20,21). The zero-order chi connectivity index (χ0) is 15.4. The van der Waals surface area contributed by atoms with Gasteiger partial charge in [-0.1, -0.05) is 13.3 Å². The van der Waals surface area contributed by atoms with E-state index in [9.17, 15) is 0 Å². The van der Waals surface area contributed by atoms with E-state index in [0.717, 1.165) is 50.0 Å². The van der Waals surface area contributed by atoms with E-state index in [2.05, 4.69) is 75.0 Å². The topological polar surface area (TPSA) is 50.7 Å². The highest BCUT2D eigenvalue weighted by Gasteiger charge is 2.15. The van der Waals surface area contributed by atoms with E-state index >= 15 is 0 Å². The van der Waals surface area contributed by atoms with Crippen LogP contribution in [0.25, 0.3) is 11.5 Å². The zero-order valence-corrected chi connectivity index (χ0v) is 16.5. The Morgan fingerprint density at radius 2 is 1.90 bits per heavy atom. The van der Waals surface area contributed by atoms with Crippen LogP contribution in [0, 0.1) is 0 Å². The summed E-state index contributed by atoms with van der Waals surface area (Å²) in [5.74, 6) is 1.43. The van der Waals surface area contributed by atoms with Crippen LogP contribution in [0.4, 0.5) is 5.82 Å². The molecule has 2 rings (SSSR count). The predicted molar refractivity (Wildman–Crippen MR) is 96.5 cm³/mol. The fourth-order valence-corrected chi connectivity index (χ4v) is 3.55. The molecule has 7 heteroatoms. The summed E-state index contributed by atoms with van der Waals surface area (Å²) >= 11 is 10.5. The first kappa shape index (κ1) is 16.8. The van der Waals surface area contributed by atoms with Crippen molar-refractivity contribution in [3.05, 3.63) is 31.4 Å². The van der Waals surface area contributed by atoms with Crippen molar-refractivity contribution in [3.63, 3.8) is 0 Å². The van der Waals surface area contributed by atoms with Gasteiger partial charge in [0, 0.05) is 21.7 Å². The van der Waals surface area contributed by atoms with Crippen LogP contribution in [-0.2, 0) is 6.42 Å². The Balaban J connectivity index is 2.56. The van der Waals surface area contributed by atoms with Crippen molar-refractivity contribution in [3.8, 4) is 11.5 Å². The molecular weight excluding hydrogens is 464 g/mol. The van der Waals surface area contributed by atoms with Gasteiger partial charge < -0.3 is 5.32 Å². The lowest BCUT2D eigenvalue weighted by Crippen LogP contribution is -2.07. The van der Waals surface area contributed by atoms with Crippen molar-refractivity contribution in [1.82, 2.24) is 15.0 Å². The Hall–Kier alpha value is -0.530. The minimum Gasteiger partial charge on any atom is -0.369 e. The van der Waals surface area contributed by atoms with E-state index < -0.39 is 0 Å². The molecule has 0 saturated carbocycles. The van der Waals surface area contributed by atoms with E-state index in [1.165, 1.54) is 0 Å². The number of anilines is 1. The lowest BCUT2D eigenvalue weighted by molar-refractivity contribution is 0.866. The molecule has 0 aliphatic heterocycles. The summed E-state index contributed by atoms with van der Waals surface area (Å²) in [6, 6.07) is 1.94. The summed E-state index contributed by atoms with van der Waals surface area (Å²) < 4.78 is 2.71. The summed E-state index contributed by atoms with van der Waals surface area (Å²) in [5, 5.41) is 3.27. The minimum absolute atomic E-state index is 0.622. The van der Waals surface area contributed by atoms with E-state index in [0.29, 0.717) is 5.82 Å². The molecule has 1 N–H and O–H groups in total. The summed E-state index contributed by atoms with van der Waals surface area (Å²) in [4.78, 5) is 13.7. The van der Waals surface area contributed by atoms with E-state index in [-0.39, 0.29) is 0 Å². The molecule has 0 spiro atoms. The van der Waals surface area contributed by atoms with Gasteiger partial charge in [0.25, 0.3) is 0 Å². The summed E-state index contributed by atoms with van der Waals surface area (Å²) in [6.45, 7) is 4.98. The lowest BCUT2D eigenvalue weighted by atomic mass is 10.2. The number of aryl methyl sites for hydroxylation is 1. The number of hydrogen-bond acceptors (Lipinski definition) is 4. The second-order valence-electron chi connectivity index (χ2n) is 4.42. The first-order valence-corrected chi connectivity index (χ1v) is 9.06. The molecule has 0 saturated heterocycles. The van der Waals surface area contributed by atoms with Gasteiger partial charge in [-0.05, 0) is 67.2 Å². The number of hydrogen-bond donors (Lipinski definition) is 1. The molecule has 0 radical (unpaired) electrons. The molecule has 21 heavy (non-hydrogen) atoms. The second-order valence-corrected chi connectivity index (χ2v) is 6.98. The van der Waals surface area contributed by atoms with Crippen LogP contribution in [0.2, 0.25) is 0 Å². The number of halogens is 3. The molecule has 2 aromatic heterocycles. The fraction of sp³-hybridized carbons (Fsp3) is 0.357. The Labute approximate surface area is 149 Å². The van der Waals surface area contributed by atoms with Gasteiger partial charge in [0.1, 0.15) is 11.5 Å². The molecule has 0 fully saturated rings. The van der Waals surface area contributed by atoms with Crippen LogP contribution in [0.15, 0.2) is 25.7 Å². The SMILES string of the molecule is CCCc1nc(-c2ncc(Br)cc2Br)nc(NCC)c1Br. The summed E-state index contributed by atoms with van der Waals surface area (Å²) in [5.41, 5.74) is 1.73. The fourth-order valence-electron chi connectivity index (χ4n) is 1.87. The first-order valence-electron chi connectivity index (χ1n) is 6.68. The minimum atomic E-state index is 0.622. The molecule has 0 bridgehead atoms. The quantitative estimate of drug-likeness (QED) is 0.641. The monoisotopic (exact) mass is 476 g/mol. The number of pyridine rings is 1. The Morgan fingerprint density at radius 1 is 1.14 bits per heavy atom. The molecule has 0 atom stereocenters. The molecule has 112 valence electrons. The van der Waals surface area contributed by atoms with E-state index in [4.69, 9.17) is 0 Å². The normalized spacial score (nSPS) is 10.7. The average Bonchev–Trinajstić information content (AvgIpc) is 2.43. The second kappa shape index (κ2) is 7.65. The van der Waals surface area contributed by atoms with Crippen LogP contribution >= 0.6 is 47.8 Å². The van der Waals surface area contributed by atoms with Gasteiger partial charge in [-0.15, -0.1) is 0 Å². The average molecular weight is 479 g/mol. The van der Waals surface area contributed by atoms with Crippen molar-refractivity contribution < 1.29 is 0 Å². The molecule has 0 unspecified atom stereocenters. The molecule has 4 nitrogen and oxygen atoms in total. The molecule has 0 aromatic carbocycles. The highest BCUT2D eigenvalue weighted by atomic mass is 79.9. The van der Waals surface area contributed by atoms with Crippen molar-refractivity contribution in [2.24, 2.45) is 0 Å². The lowest BCUT2D eigenvalue weighted by Gasteiger charge is -2.12. The van der Waals surface area contributed by atoms with Crippen molar-refractivity contribution in [1.29, 1.82) is 0 Å². The van der Waals surface area contributed by atoms with Gasteiger partial charge in [-0.2, -0.15) is 0 Å². The largest absolute Gasteiger partial charge is 0.369 e. The maximum absolute atomic E-state index is 4.66. The van der Waals surface area contributed by atoms with Crippen molar-refractivity contribution in [2.45, 2.75) is 26.7 Å². The van der Waals surface area contributed by atoms with Crippen LogP contribution < -0.4 is 5.32 Å². The summed E-state index contributed by atoms with van der Waals surface area (Å²) in [7, 11) is 0. The van der Waals surface area contributed by atoms with Gasteiger partial charge >= 0.3 is 0 Å². The molecular formula is C14H15Br3N4. The molecule has 0 amide bonds. The van der Waals surface area contributed by atoms with Crippen LogP contribution in [-0.4, -0.2) is 21.5 Å². The number of rotatable bonds is 5. The van der Waals surface area contributed by atoms with Gasteiger partial charge in [-0.3, -0.25) is 4.98 Å². The smallest absolute Gasteiger partial charge is 0.181 e. The van der Waals surface area contributed by atoms with Crippen LogP contribution in [0.3, 0.4) is 0 Å². The van der Waals surface area contributed by atoms with Crippen molar-refractivity contribution >= 4 is 53.6 Å². The van der Waals surface area contributed by atoms with Gasteiger partial charge in [-0.25, -0.2) is 9.97 Å². The van der Waals surface area contributed by atoms with Gasteiger partial charge in [0.2, 0.25) is 0 Å². The molecule has 0 aliphatic carbocycles. The number of aromatic nitrogens is 3. The number of nitrogens with one attached hydrogen (secondary N) is 1. The highest BCUT2D eigenvalue weighted by Crippen LogP contribution is 2.31. The molecule has 2 heterocycles. The highest BCUT2D eigenvalue weighted by molar-refractivity contribution is 9.11. The third-order valence-corrected chi connectivity index (χ3v) is 4.64. The molecule has 0 aliphatic rings. The third kappa shape index (κ3) is 4.02. The summed E-state index contributed by atoms with van der Waals surface area (Å²) in [6.07, 6.45) is 3.66. The van der Waals surface area contributed by atoms with Gasteiger partial charge in [0.15, 0.2) is 5.82 Å². The zero-order valence-electron chi connectivity index (χ0n) is 11.8. The Morgan fingerprint density at radius 3 is 2.52 bits per heavy atom. The number of nitrogens with zero attached hydrogens (tertiary/aromatic N) is 3. The Bertz CT molecular complexity index is 619. The van der Waals surface area contributed by atoms with Crippen LogP contribution in [0.1, 0.15) is 26.0 Å². The van der Waals surface area contributed by atoms with Crippen molar-refractivity contribution in [2.75, 3.05) is 11.9 Å². The molecule has 2 aromatic rings. The maximum Gasteiger partial charge on any atom is 0.181 e. The van der Waals surface area contributed by atoms with E-state index in [1.54, 1.807) is 6.20 Å². The maximum atomic E-state index is 4.66. The van der Waals surface area contributed by atoms with Gasteiger partial charge in [0.05, 0.1) is 10.2 Å². The third-order valence-electron chi connectivity index (χ3n) is 2.77. The predicted octanol–water partition coefficient (Wildman–Crippen LogP) is 5.21.